The molecule has 0 saturated heterocycles. The average Bonchev–Trinajstić information content (AvgIpc) is 2.37. The molecule has 19 heavy (non-hydrogen) atoms. The molecule has 3 N–H and O–H groups in total. The van der Waals surface area contributed by atoms with Crippen LogP contribution in [0.15, 0.2) is 24.3 Å². The largest absolute Gasteiger partial charge is 0.374 e. The molecule has 1 amide bonds. The summed E-state index contributed by atoms with van der Waals surface area (Å²) in [6, 6.07) is 7.11. The van der Waals surface area contributed by atoms with Gasteiger partial charge >= 0.3 is 0 Å². The molecule has 0 unspecified atom stereocenters. The van der Waals surface area contributed by atoms with Crippen LogP contribution in [-0.4, -0.2) is 24.7 Å². The lowest BCUT2D eigenvalue weighted by molar-refractivity contribution is -0.0376. The molecule has 0 radical (unpaired) electrons. The van der Waals surface area contributed by atoms with Gasteiger partial charge in [-0.2, -0.15) is 0 Å². The third-order valence-corrected chi connectivity index (χ3v) is 2.38. The van der Waals surface area contributed by atoms with Gasteiger partial charge in [-0.25, -0.2) is 5.84 Å². The van der Waals surface area contributed by atoms with Crippen LogP contribution in [0.2, 0.25) is 0 Å². The maximum atomic E-state index is 11.2. The Balaban J connectivity index is 2.29. The van der Waals surface area contributed by atoms with Gasteiger partial charge in [0, 0.05) is 5.56 Å². The number of hydrazine groups is 1. The maximum absolute atomic E-state index is 11.2. The van der Waals surface area contributed by atoms with Crippen molar-refractivity contribution in [2.75, 3.05) is 13.2 Å². The number of carbonyl (C=O) groups excluding carboxylic acids is 1. The molecule has 1 aromatic rings. The predicted molar refractivity (Wildman–Crippen MR) is 73.5 cm³/mol. The van der Waals surface area contributed by atoms with Crippen LogP contribution in [0.5, 0.6) is 0 Å². The number of nitrogen functional groups attached to an aromatic ring is 1. The Morgan fingerprint density at radius 3 is 2.37 bits per heavy atom. The minimum absolute atomic E-state index is 0.138. The Labute approximate surface area is 114 Å². The van der Waals surface area contributed by atoms with E-state index in [9.17, 15) is 4.79 Å². The van der Waals surface area contributed by atoms with Gasteiger partial charge in [0.1, 0.15) is 0 Å². The number of rotatable bonds is 6. The first-order chi connectivity index (χ1) is 8.92. The molecule has 1 rings (SSSR count). The number of amides is 1. The van der Waals surface area contributed by atoms with Gasteiger partial charge in [-0.05, 0) is 38.5 Å². The summed E-state index contributed by atoms with van der Waals surface area (Å²) in [5, 5.41) is 0. The number of ether oxygens (including phenoxy) is 2. The fourth-order valence-corrected chi connectivity index (χ4v) is 1.43. The monoisotopic (exact) mass is 266 g/mol. The van der Waals surface area contributed by atoms with Crippen molar-refractivity contribution in [3.8, 4) is 0 Å². The number of carbonyl (C=O) groups is 1. The molecule has 0 atom stereocenters. The Kier molecular flexibility index (Phi) is 5.95. The molecule has 0 aromatic heterocycles. The fourth-order valence-electron chi connectivity index (χ4n) is 1.43. The van der Waals surface area contributed by atoms with E-state index < -0.39 is 0 Å². The summed E-state index contributed by atoms with van der Waals surface area (Å²) < 4.78 is 11.0. The molecule has 0 aliphatic rings. The summed E-state index contributed by atoms with van der Waals surface area (Å²) >= 11 is 0. The summed E-state index contributed by atoms with van der Waals surface area (Å²) in [6.45, 7) is 7.63. The fraction of sp³-hybridized carbons (Fsp3) is 0.500. The smallest absolute Gasteiger partial charge is 0.265 e. The minimum Gasteiger partial charge on any atom is -0.374 e. The quantitative estimate of drug-likeness (QED) is 0.355. The molecule has 0 aliphatic heterocycles. The molecule has 5 heteroatoms. The zero-order chi connectivity index (χ0) is 14.3. The molecule has 0 spiro atoms. The van der Waals surface area contributed by atoms with Crippen molar-refractivity contribution >= 4 is 5.91 Å². The van der Waals surface area contributed by atoms with Crippen LogP contribution in [0.4, 0.5) is 0 Å². The Bertz CT molecular complexity index is 396. The van der Waals surface area contributed by atoms with E-state index in [4.69, 9.17) is 15.3 Å². The minimum atomic E-state index is -0.300. The lowest BCUT2D eigenvalue weighted by atomic mass is 10.1. The lowest BCUT2D eigenvalue weighted by Gasteiger charge is -2.19. The van der Waals surface area contributed by atoms with Crippen LogP contribution in [0.3, 0.4) is 0 Å². The van der Waals surface area contributed by atoms with E-state index in [1.807, 2.05) is 32.9 Å². The molecule has 0 bridgehead atoms. The van der Waals surface area contributed by atoms with E-state index in [1.165, 1.54) is 0 Å². The highest BCUT2D eigenvalue weighted by atomic mass is 16.5. The maximum Gasteiger partial charge on any atom is 0.265 e. The van der Waals surface area contributed by atoms with Crippen LogP contribution in [0, 0.1) is 0 Å². The number of hydrogen-bond donors (Lipinski definition) is 2. The summed E-state index contributed by atoms with van der Waals surface area (Å²) in [5.41, 5.74) is 3.48. The molecule has 0 saturated carbocycles. The average molecular weight is 266 g/mol. The van der Waals surface area contributed by atoms with Crippen LogP contribution in [0.1, 0.15) is 36.7 Å². The number of nitrogens with one attached hydrogen (secondary N) is 1. The first-order valence-electron chi connectivity index (χ1n) is 6.24. The van der Waals surface area contributed by atoms with Gasteiger partial charge in [0.2, 0.25) is 0 Å². The van der Waals surface area contributed by atoms with Crippen molar-refractivity contribution in [2.24, 2.45) is 5.84 Å². The normalized spacial score (nSPS) is 11.4. The standard InChI is InChI=1S/C14H22N2O3/c1-14(2,3)19-9-8-18-10-11-4-6-12(7-5-11)13(17)16-15/h4-7H,8-10,15H2,1-3H3,(H,16,17). The van der Waals surface area contributed by atoms with Crippen LogP contribution < -0.4 is 11.3 Å². The molecular weight excluding hydrogens is 244 g/mol. The van der Waals surface area contributed by atoms with Gasteiger partial charge in [-0.1, -0.05) is 12.1 Å². The Morgan fingerprint density at radius 1 is 1.21 bits per heavy atom. The summed E-state index contributed by atoms with van der Waals surface area (Å²) in [5.74, 6) is 4.75. The lowest BCUT2D eigenvalue weighted by Crippen LogP contribution is -2.29. The molecular formula is C14H22N2O3. The third kappa shape index (κ3) is 6.33. The van der Waals surface area contributed by atoms with Crippen molar-refractivity contribution in [3.05, 3.63) is 35.4 Å². The molecule has 0 aliphatic carbocycles. The van der Waals surface area contributed by atoms with E-state index >= 15 is 0 Å². The molecule has 106 valence electrons. The Hall–Kier alpha value is -1.43. The van der Waals surface area contributed by atoms with E-state index in [0.717, 1.165) is 5.56 Å². The van der Waals surface area contributed by atoms with Gasteiger partial charge in [0.15, 0.2) is 0 Å². The van der Waals surface area contributed by atoms with E-state index in [-0.39, 0.29) is 11.5 Å². The first-order valence-corrected chi connectivity index (χ1v) is 6.24. The Morgan fingerprint density at radius 2 is 1.84 bits per heavy atom. The van der Waals surface area contributed by atoms with Gasteiger partial charge in [0.25, 0.3) is 5.91 Å². The van der Waals surface area contributed by atoms with Crippen molar-refractivity contribution in [2.45, 2.75) is 33.0 Å². The molecule has 5 nitrogen and oxygen atoms in total. The van der Waals surface area contributed by atoms with Crippen molar-refractivity contribution < 1.29 is 14.3 Å². The van der Waals surface area contributed by atoms with Gasteiger partial charge < -0.3 is 9.47 Å². The first kappa shape index (κ1) is 15.6. The van der Waals surface area contributed by atoms with E-state index in [2.05, 4.69) is 5.43 Å². The van der Waals surface area contributed by atoms with Crippen LogP contribution in [-0.2, 0) is 16.1 Å². The highest BCUT2D eigenvalue weighted by molar-refractivity contribution is 5.93. The number of nitrogens with two attached hydrogens (primary N) is 1. The summed E-state index contributed by atoms with van der Waals surface area (Å²) in [6.07, 6.45) is 0. The van der Waals surface area contributed by atoms with E-state index in [1.54, 1.807) is 12.1 Å². The SMILES string of the molecule is CC(C)(C)OCCOCc1ccc(C(=O)NN)cc1. The zero-order valence-electron chi connectivity index (χ0n) is 11.7. The second kappa shape index (κ2) is 7.23. The van der Waals surface area contributed by atoms with Crippen LogP contribution >= 0.6 is 0 Å². The van der Waals surface area contributed by atoms with Crippen molar-refractivity contribution in [1.82, 2.24) is 5.43 Å². The van der Waals surface area contributed by atoms with Crippen molar-refractivity contribution in [3.63, 3.8) is 0 Å². The highest BCUT2D eigenvalue weighted by Crippen LogP contribution is 2.07. The van der Waals surface area contributed by atoms with Gasteiger partial charge in [-0.15, -0.1) is 0 Å². The number of hydrogen-bond acceptors (Lipinski definition) is 4. The predicted octanol–water partition coefficient (Wildman–Crippen LogP) is 1.62. The van der Waals surface area contributed by atoms with Crippen molar-refractivity contribution in [1.29, 1.82) is 0 Å². The van der Waals surface area contributed by atoms with Gasteiger partial charge in [-0.3, -0.25) is 10.2 Å². The zero-order valence-corrected chi connectivity index (χ0v) is 11.7. The molecule has 0 fully saturated rings. The molecule has 1 aromatic carbocycles. The highest BCUT2D eigenvalue weighted by Gasteiger charge is 2.09. The second-order valence-corrected chi connectivity index (χ2v) is 5.18. The molecule has 0 heterocycles. The van der Waals surface area contributed by atoms with E-state index in [0.29, 0.717) is 25.4 Å². The summed E-state index contributed by atoms with van der Waals surface area (Å²) in [4.78, 5) is 11.2. The van der Waals surface area contributed by atoms with Crippen LogP contribution in [0.25, 0.3) is 0 Å². The topological polar surface area (TPSA) is 73.6 Å². The number of benzene rings is 1. The summed E-state index contributed by atoms with van der Waals surface area (Å²) in [7, 11) is 0. The second-order valence-electron chi connectivity index (χ2n) is 5.18. The third-order valence-electron chi connectivity index (χ3n) is 2.38. The van der Waals surface area contributed by atoms with Gasteiger partial charge in [0.05, 0.1) is 25.4 Å².